The van der Waals surface area contributed by atoms with E-state index in [1.165, 1.54) is 0 Å². The average molecular weight is 189 g/mol. The van der Waals surface area contributed by atoms with Crippen LogP contribution in [0.1, 0.15) is 20.3 Å². The van der Waals surface area contributed by atoms with Crippen LogP contribution in [0, 0.1) is 5.92 Å². The van der Waals surface area contributed by atoms with Gasteiger partial charge in [-0.25, -0.2) is 0 Å². The summed E-state index contributed by atoms with van der Waals surface area (Å²) in [6.07, 6.45) is 0.881. The molecule has 0 aromatic heterocycles. The van der Waals surface area contributed by atoms with Crippen molar-refractivity contribution < 1.29 is 4.79 Å². The Labute approximate surface area is 76.1 Å². The standard InChI is InChI=1S/C7H11NOS2/c1-4(2)3-5-6(9)11-7(10)8-5/h4-5H,3H2,1-2H3,(H,8,10). The highest BCUT2D eigenvalue weighted by Gasteiger charge is 2.28. The highest BCUT2D eigenvalue weighted by atomic mass is 32.2. The third-order valence-electron chi connectivity index (χ3n) is 1.48. The quantitative estimate of drug-likeness (QED) is 0.667. The van der Waals surface area contributed by atoms with Crippen LogP contribution in [-0.2, 0) is 4.79 Å². The molecule has 0 saturated carbocycles. The Morgan fingerprint density at radius 2 is 2.36 bits per heavy atom. The fourth-order valence-corrected chi connectivity index (χ4v) is 2.09. The van der Waals surface area contributed by atoms with Crippen LogP contribution in [0.2, 0.25) is 0 Å². The minimum Gasteiger partial charge on any atom is -0.360 e. The van der Waals surface area contributed by atoms with Gasteiger partial charge in [-0.2, -0.15) is 0 Å². The first-order valence-electron chi connectivity index (χ1n) is 3.62. The van der Waals surface area contributed by atoms with E-state index in [0.29, 0.717) is 10.2 Å². The zero-order valence-electron chi connectivity index (χ0n) is 6.59. The van der Waals surface area contributed by atoms with Gasteiger partial charge >= 0.3 is 0 Å². The minimum atomic E-state index is -0.0347. The van der Waals surface area contributed by atoms with Crippen LogP contribution >= 0.6 is 24.0 Å². The van der Waals surface area contributed by atoms with Gasteiger partial charge in [0.05, 0.1) is 6.04 Å². The van der Waals surface area contributed by atoms with Crippen LogP contribution in [-0.4, -0.2) is 15.5 Å². The molecule has 1 aliphatic heterocycles. The van der Waals surface area contributed by atoms with E-state index >= 15 is 0 Å². The Bertz CT molecular complexity index is 191. The summed E-state index contributed by atoms with van der Waals surface area (Å²) in [5.41, 5.74) is 0. The molecule has 1 fully saturated rings. The number of hydrogen-bond donors (Lipinski definition) is 1. The molecule has 0 radical (unpaired) electrons. The fourth-order valence-electron chi connectivity index (χ4n) is 1.02. The van der Waals surface area contributed by atoms with Gasteiger partial charge in [0.2, 0.25) is 5.12 Å². The van der Waals surface area contributed by atoms with Crippen LogP contribution in [0.25, 0.3) is 0 Å². The number of carbonyl (C=O) groups excluding carboxylic acids is 1. The molecular weight excluding hydrogens is 178 g/mol. The second kappa shape index (κ2) is 3.54. The number of thiocarbonyl (C=S) groups is 1. The average Bonchev–Trinajstić information content (AvgIpc) is 2.09. The topological polar surface area (TPSA) is 29.1 Å². The molecule has 0 spiro atoms. The highest BCUT2D eigenvalue weighted by molar-refractivity contribution is 8.33. The molecule has 1 saturated heterocycles. The van der Waals surface area contributed by atoms with Crippen molar-refractivity contribution in [1.82, 2.24) is 5.32 Å². The Morgan fingerprint density at radius 1 is 1.73 bits per heavy atom. The minimum absolute atomic E-state index is 0.0347. The van der Waals surface area contributed by atoms with Gasteiger partial charge in [-0.1, -0.05) is 26.1 Å². The Balaban J connectivity index is 2.47. The molecule has 0 aliphatic carbocycles. The number of carbonyl (C=O) groups is 1. The summed E-state index contributed by atoms with van der Waals surface area (Å²) in [5.74, 6) is 0.540. The summed E-state index contributed by atoms with van der Waals surface area (Å²) in [6, 6.07) is -0.0347. The predicted molar refractivity (Wildman–Crippen MR) is 51.6 cm³/mol. The molecule has 1 aliphatic rings. The molecule has 0 amide bonds. The third-order valence-corrected chi connectivity index (χ3v) is 2.63. The Morgan fingerprint density at radius 3 is 2.73 bits per heavy atom. The van der Waals surface area contributed by atoms with Gasteiger partial charge in [0.25, 0.3) is 0 Å². The summed E-state index contributed by atoms with van der Waals surface area (Å²) in [5, 5.41) is 3.15. The van der Waals surface area contributed by atoms with Crippen LogP contribution in [0.5, 0.6) is 0 Å². The van der Waals surface area contributed by atoms with Crippen LogP contribution < -0.4 is 5.32 Å². The maximum Gasteiger partial charge on any atom is 0.218 e. The highest BCUT2D eigenvalue weighted by Crippen LogP contribution is 2.20. The number of thioether (sulfide) groups is 1. The van der Waals surface area contributed by atoms with E-state index in [-0.39, 0.29) is 11.2 Å². The molecule has 1 N–H and O–H groups in total. The van der Waals surface area contributed by atoms with Gasteiger partial charge in [-0.05, 0) is 24.1 Å². The molecule has 62 valence electrons. The van der Waals surface area contributed by atoms with Crippen LogP contribution in [0.15, 0.2) is 0 Å². The molecule has 1 atom stereocenters. The van der Waals surface area contributed by atoms with Crippen molar-refractivity contribution in [2.24, 2.45) is 5.92 Å². The monoisotopic (exact) mass is 189 g/mol. The molecule has 4 heteroatoms. The zero-order valence-corrected chi connectivity index (χ0v) is 8.22. The first-order valence-corrected chi connectivity index (χ1v) is 4.84. The van der Waals surface area contributed by atoms with Gasteiger partial charge in [0.1, 0.15) is 4.32 Å². The third kappa shape index (κ3) is 2.45. The summed E-state index contributed by atoms with van der Waals surface area (Å²) < 4.78 is 0.626. The maximum atomic E-state index is 11.1. The lowest BCUT2D eigenvalue weighted by molar-refractivity contribution is -0.112. The second-order valence-electron chi connectivity index (χ2n) is 3.04. The van der Waals surface area contributed by atoms with Crippen LogP contribution in [0.3, 0.4) is 0 Å². The summed E-state index contributed by atoms with van der Waals surface area (Å²) in [4.78, 5) is 11.1. The Kier molecular flexibility index (Phi) is 2.90. The van der Waals surface area contributed by atoms with Crippen molar-refractivity contribution in [3.8, 4) is 0 Å². The lowest BCUT2D eigenvalue weighted by Crippen LogP contribution is -2.29. The molecular formula is C7H11NOS2. The van der Waals surface area contributed by atoms with E-state index in [2.05, 4.69) is 19.2 Å². The summed E-state index contributed by atoms with van der Waals surface area (Å²) in [7, 11) is 0. The van der Waals surface area contributed by atoms with Crippen molar-refractivity contribution >= 4 is 33.4 Å². The van der Waals surface area contributed by atoms with Gasteiger partial charge in [-0.3, -0.25) is 4.79 Å². The predicted octanol–water partition coefficient (Wildman–Crippen LogP) is 1.55. The van der Waals surface area contributed by atoms with Gasteiger partial charge < -0.3 is 5.32 Å². The molecule has 11 heavy (non-hydrogen) atoms. The number of hydrogen-bond acceptors (Lipinski definition) is 3. The lowest BCUT2D eigenvalue weighted by Gasteiger charge is -2.09. The molecule has 1 heterocycles. The van der Waals surface area contributed by atoms with E-state index < -0.39 is 0 Å². The fraction of sp³-hybridized carbons (Fsp3) is 0.714. The van der Waals surface area contributed by atoms with E-state index in [9.17, 15) is 4.79 Å². The second-order valence-corrected chi connectivity index (χ2v) is 4.72. The molecule has 1 rings (SSSR count). The first-order chi connectivity index (χ1) is 5.09. The maximum absolute atomic E-state index is 11.1. The van der Waals surface area contributed by atoms with Crippen molar-refractivity contribution in [3.63, 3.8) is 0 Å². The smallest absolute Gasteiger partial charge is 0.218 e. The van der Waals surface area contributed by atoms with Crippen molar-refractivity contribution in [2.45, 2.75) is 26.3 Å². The molecule has 1 unspecified atom stereocenters. The number of nitrogens with one attached hydrogen (secondary N) is 1. The van der Waals surface area contributed by atoms with Crippen molar-refractivity contribution in [3.05, 3.63) is 0 Å². The van der Waals surface area contributed by atoms with E-state index in [0.717, 1.165) is 18.2 Å². The van der Waals surface area contributed by atoms with Gasteiger partial charge in [-0.15, -0.1) is 0 Å². The molecule has 0 bridgehead atoms. The molecule has 0 aromatic rings. The zero-order chi connectivity index (χ0) is 8.43. The summed E-state index contributed by atoms with van der Waals surface area (Å²) in [6.45, 7) is 4.20. The van der Waals surface area contributed by atoms with E-state index in [1.54, 1.807) is 0 Å². The van der Waals surface area contributed by atoms with Crippen molar-refractivity contribution in [2.75, 3.05) is 0 Å². The largest absolute Gasteiger partial charge is 0.360 e. The van der Waals surface area contributed by atoms with E-state index in [4.69, 9.17) is 12.2 Å². The molecule has 2 nitrogen and oxygen atoms in total. The SMILES string of the molecule is CC(C)CC1NC(=S)SC1=O. The van der Waals surface area contributed by atoms with Gasteiger partial charge in [0.15, 0.2) is 0 Å². The van der Waals surface area contributed by atoms with Gasteiger partial charge in [0, 0.05) is 0 Å². The summed E-state index contributed by atoms with van der Waals surface area (Å²) >= 11 is 6.01. The van der Waals surface area contributed by atoms with Crippen molar-refractivity contribution in [1.29, 1.82) is 0 Å². The normalized spacial score (nSPS) is 24.5. The lowest BCUT2D eigenvalue weighted by atomic mass is 10.1. The first kappa shape index (κ1) is 9.00. The number of rotatable bonds is 2. The molecule has 0 aromatic carbocycles. The Hall–Kier alpha value is -0.0900. The van der Waals surface area contributed by atoms with E-state index in [1.807, 2.05) is 0 Å². The van der Waals surface area contributed by atoms with Crippen LogP contribution in [0.4, 0.5) is 0 Å².